The Morgan fingerprint density at radius 2 is 1.69 bits per heavy atom. The number of benzene rings is 2. The second-order valence-electron chi connectivity index (χ2n) is 8.00. The largest absolute Gasteiger partial charge is 0.494 e. The lowest BCUT2D eigenvalue weighted by molar-refractivity contribution is 0.0608. The lowest BCUT2D eigenvalue weighted by Gasteiger charge is -2.45. The Balaban J connectivity index is 1.26. The Labute approximate surface area is 155 Å². The molecule has 2 aromatic rings. The van der Waals surface area contributed by atoms with E-state index in [-0.39, 0.29) is 0 Å². The van der Waals surface area contributed by atoms with E-state index >= 15 is 0 Å². The Bertz CT molecular complexity index is 752. The van der Waals surface area contributed by atoms with Gasteiger partial charge in [0.15, 0.2) is 0 Å². The second-order valence-corrected chi connectivity index (χ2v) is 8.00. The van der Waals surface area contributed by atoms with Crippen molar-refractivity contribution < 1.29 is 9.53 Å². The van der Waals surface area contributed by atoms with Crippen LogP contribution >= 0.6 is 0 Å². The zero-order chi connectivity index (χ0) is 17.9. The maximum absolute atomic E-state index is 11.3. The molecule has 1 amide bonds. The number of rotatable bonds is 7. The van der Waals surface area contributed by atoms with Crippen molar-refractivity contribution in [2.45, 2.75) is 38.5 Å². The molecule has 3 heteroatoms. The zero-order valence-corrected chi connectivity index (χ0v) is 15.2. The van der Waals surface area contributed by atoms with Gasteiger partial charge in [-0.2, -0.15) is 0 Å². The molecule has 136 valence electrons. The van der Waals surface area contributed by atoms with E-state index < -0.39 is 5.91 Å². The standard InChI is InChI=1S/C23H27NO2/c24-23(25)21-5-1-4-20(15-21)19-6-8-22(9-7-19)26-10-2-3-16-11-17-13-18(12-16)14-17/h1,4-9,15-18H,2-3,10-14H2,(H2,24,25). The maximum atomic E-state index is 11.3. The van der Waals surface area contributed by atoms with Crippen LogP contribution < -0.4 is 10.5 Å². The first-order valence-electron chi connectivity index (χ1n) is 9.80. The van der Waals surface area contributed by atoms with Crippen molar-refractivity contribution in [2.24, 2.45) is 23.5 Å². The summed E-state index contributed by atoms with van der Waals surface area (Å²) in [4.78, 5) is 11.3. The van der Waals surface area contributed by atoms with E-state index in [9.17, 15) is 4.79 Å². The van der Waals surface area contributed by atoms with E-state index in [2.05, 4.69) is 0 Å². The average molecular weight is 349 g/mol. The van der Waals surface area contributed by atoms with Crippen molar-refractivity contribution in [1.29, 1.82) is 0 Å². The third-order valence-electron chi connectivity index (χ3n) is 6.03. The molecule has 3 aliphatic rings. The highest BCUT2D eigenvalue weighted by Crippen LogP contribution is 2.49. The van der Waals surface area contributed by atoms with Crippen molar-refractivity contribution in [3.8, 4) is 16.9 Å². The summed E-state index contributed by atoms with van der Waals surface area (Å²) < 4.78 is 5.91. The molecule has 0 aromatic heterocycles. The zero-order valence-electron chi connectivity index (χ0n) is 15.2. The first-order valence-corrected chi connectivity index (χ1v) is 9.80. The van der Waals surface area contributed by atoms with E-state index in [0.717, 1.165) is 47.7 Å². The van der Waals surface area contributed by atoms with Crippen LogP contribution in [0.25, 0.3) is 11.1 Å². The summed E-state index contributed by atoms with van der Waals surface area (Å²) in [6.07, 6.45) is 8.37. The molecule has 0 spiro atoms. The van der Waals surface area contributed by atoms with Gasteiger partial charge in [0, 0.05) is 5.56 Å². The van der Waals surface area contributed by atoms with Crippen LogP contribution in [0, 0.1) is 17.8 Å². The van der Waals surface area contributed by atoms with Crippen LogP contribution in [0.3, 0.4) is 0 Å². The van der Waals surface area contributed by atoms with Crippen LogP contribution in [0.1, 0.15) is 48.9 Å². The molecule has 0 radical (unpaired) electrons. The Hall–Kier alpha value is -2.29. The number of carbonyl (C=O) groups excluding carboxylic acids is 1. The number of ether oxygens (including phenoxy) is 1. The number of primary amides is 1. The number of amides is 1. The van der Waals surface area contributed by atoms with Gasteiger partial charge in [0.05, 0.1) is 6.61 Å². The summed E-state index contributed by atoms with van der Waals surface area (Å²) >= 11 is 0. The molecule has 0 saturated heterocycles. The van der Waals surface area contributed by atoms with Crippen molar-refractivity contribution in [3.63, 3.8) is 0 Å². The maximum Gasteiger partial charge on any atom is 0.248 e. The number of fused-ring (bicyclic) bond motifs is 2. The highest BCUT2D eigenvalue weighted by Gasteiger charge is 2.37. The van der Waals surface area contributed by atoms with Crippen LogP contribution in [-0.4, -0.2) is 12.5 Å². The minimum Gasteiger partial charge on any atom is -0.494 e. The van der Waals surface area contributed by atoms with Gasteiger partial charge in [-0.25, -0.2) is 0 Å². The van der Waals surface area contributed by atoms with Gasteiger partial charge in [-0.05, 0) is 91.7 Å². The minimum atomic E-state index is -0.401. The molecule has 3 nitrogen and oxygen atoms in total. The molecule has 3 saturated carbocycles. The summed E-state index contributed by atoms with van der Waals surface area (Å²) in [5, 5.41) is 0. The van der Waals surface area contributed by atoms with Crippen molar-refractivity contribution >= 4 is 5.91 Å². The molecule has 0 atom stereocenters. The molecule has 3 fully saturated rings. The molecule has 0 aliphatic heterocycles. The summed E-state index contributed by atoms with van der Waals surface area (Å²) in [7, 11) is 0. The number of carbonyl (C=O) groups is 1. The van der Waals surface area contributed by atoms with E-state index in [0.29, 0.717) is 5.56 Å². The van der Waals surface area contributed by atoms with Gasteiger partial charge in [-0.1, -0.05) is 24.3 Å². The molecule has 5 rings (SSSR count). The predicted octanol–water partition coefficient (Wildman–Crippen LogP) is 5.05. The van der Waals surface area contributed by atoms with E-state index in [1.54, 1.807) is 6.07 Å². The first kappa shape index (κ1) is 17.1. The number of hydrogen-bond acceptors (Lipinski definition) is 2. The van der Waals surface area contributed by atoms with E-state index in [4.69, 9.17) is 10.5 Å². The monoisotopic (exact) mass is 349 g/mol. The molecular weight excluding hydrogens is 322 g/mol. The summed E-state index contributed by atoms with van der Waals surface area (Å²) in [5.74, 6) is 3.53. The molecule has 3 aliphatic carbocycles. The Kier molecular flexibility index (Phi) is 4.96. The number of hydrogen-bond donors (Lipinski definition) is 1. The molecule has 0 unspecified atom stereocenters. The second kappa shape index (κ2) is 7.53. The quantitative estimate of drug-likeness (QED) is 0.711. The fourth-order valence-electron chi connectivity index (χ4n) is 4.69. The van der Waals surface area contributed by atoms with Crippen LogP contribution in [0.15, 0.2) is 48.5 Å². The van der Waals surface area contributed by atoms with Gasteiger partial charge >= 0.3 is 0 Å². The third-order valence-corrected chi connectivity index (χ3v) is 6.03. The molecule has 2 N–H and O–H groups in total. The molecule has 2 bridgehead atoms. The van der Waals surface area contributed by atoms with Crippen LogP contribution in [-0.2, 0) is 0 Å². The first-order chi connectivity index (χ1) is 12.7. The summed E-state index contributed by atoms with van der Waals surface area (Å²) in [6.45, 7) is 0.794. The highest BCUT2D eigenvalue weighted by atomic mass is 16.5. The Morgan fingerprint density at radius 3 is 2.38 bits per heavy atom. The lowest BCUT2D eigenvalue weighted by Crippen LogP contribution is -2.34. The molecule has 0 heterocycles. The fourth-order valence-corrected chi connectivity index (χ4v) is 4.69. The van der Waals surface area contributed by atoms with Crippen LogP contribution in [0.4, 0.5) is 0 Å². The van der Waals surface area contributed by atoms with Gasteiger partial charge in [0.1, 0.15) is 5.75 Å². The fraction of sp³-hybridized carbons (Fsp3) is 0.435. The van der Waals surface area contributed by atoms with E-state index in [1.807, 2.05) is 42.5 Å². The van der Waals surface area contributed by atoms with Crippen molar-refractivity contribution in [3.05, 3.63) is 54.1 Å². The van der Waals surface area contributed by atoms with Crippen LogP contribution in [0.2, 0.25) is 0 Å². The van der Waals surface area contributed by atoms with Crippen molar-refractivity contribution in [1.82, 2.24) is 0 Å². The third kappa shape index (κ3) is 3.92. The van der Waals surface area contributed by atoms with Gasteiger partial charge < -0.3 is 10.5 Å². The Morgan fingerprint density at radius 1 is 0.962 bits per heavy atom. The minimum absolute atomic E-state index is 0.401. The molecule has 26 heavy (non-hydrogen) atoms. The summed E-state index contributed by atoms with van der Waals surface area (Å²) in [5.41, 5.74) is 7.94. The SMILES string of the molecule is NC(=O)c1cccc(-c2ccc(OCCCC3CC4CC(C3)C4)cc2)c1. The van der Waals surface area contributed by atoms with Gasteiger partial charge in [-0.3, -0.25) is 4.79 Å². The summed E-state index contributed by atoms with van der Waals surface area (Å²) in [6, 6.07) is 15.5. The average Bonchev–Trinajstić information content (AvgIpc) is 2.65. The predicted molar refractivity (Wildman–Crippen MR) is 104 cm³/mol. The lowest BCUT2D eigenvalue weighted by atomic mass is 9.61. The molecular formula is C23H27NO2. The van der Waals surface area contributed by atoms with Crippen LogP contribution in [0.5, 0.6) is 5.75 Å². The van der Waals surface area contributed by atoms with E-state index in [1.165, 1.54) is 32.1 Å². The topological polar surface area (TPSA) is 52.3 Å². The van der Waals surface area contributed by atoms with Gasteiger partial charge in [0.25, 0.3) is 0 Å². The molecule has 2 aromatic carbocycles. The normalized spacial score (nSPS) is 23.9. The van der Waals surface area contributed by atoms with Gasteiger partial charge in [0.2, 0.25) is 5.91 Å². The highest BCUT2D eigenvalue weighted by molar-refractivity contribution is 5.94. The van der Waals surface area contributed by atoms with Crippen molar-refractivity contribution in [2.75, 3.05) is 6.61 Å². The number of nitrogens with two attached hydrogens (primary N) is 1. The smallest absolute Gasteiger partial charge is 0.248 e. The van der Waals surface area contributed by atoms with Gasteiger partial charge in [-0.15, -0.1) is 0 Å².